The van der Waals surface area contributed by atoms with Crippen molar-refractivity contribution in [3.63, 3.8) is 0 Å². The Balaban J connectivity index is 1.22. The minimum Gasteiger partial charge on any atom is -0.490 e. The Morgan fingerprint density at radius 3 is 2.32 bits per heavy atom. The van der Waals surface area contributed by atoms with E-state index in [4.69, 9.17) is 9.47 Å². The molecule has 0 radical (unpaired) electrons. The quantitative estimate of drug-likeness (QED) is 0.444. The Labute approximate surface area is 148 Å². The lowest BCUT2D eigenvalue weighted by Gasteiger charge is -2.16. The summed E-state index contributed by atoms with van der Waals surface area (Å²) in [5.74, 6) is 1.75. The van der Waals surface area contributed by atoms with Crippen LogP contribution in [0.2, 0.25) is 0 Å². The summed E-state index contributed by atoms with van der Waals surface area (Å²) in [5.41, 5.74) is 2.34. The van der Waals surface area contributed by atoms with Gasteiger partial charge < -0.3 is 9.47 Å². The number of carbonyl (C=O) groups excluding carboxylic acids is 1. The van der Waals surface area contributed by atoms with Crippen molar-refractivity contribution >= 4 is 5.97 Å². The van der Waals surface area contributed by atoms with Crippen molar-refractivity contribution in [2.45, 2.75) is 12.8 Å². The van der Waals surface area contributed by atoms with Crippen LogP contribution in [0, 0.1) is 17.8 Å². The van der Waals surface area contributed by atoms with E-state index in [0.29, 0.717) is 25.0 Å². The number of benzene rings is 2. The summed E-state index contributed by atoms with van der Waals surface area (Å²) in [6, 6.07) is 18.2. The minimum atomic E-state index is -0.0696. The van der Waals surface area contributed by atoms with Gasteiger partial charge in [0, 0.05) is 0 Å². The molecule has 0 amide bonds. The molecule has 2 aliphatic rings. The van der Waals surface area contributed by atoms with Crippen LogP contribution in [-0.2, 0) is 9.53 Å². The number of fused-ring (bicyclic) bond motifs is 2. The second-order valence-corrected chi connectivity index (χ2v) is 6.79. The van der Waals surface area contributed by atoms with Crippen LogP contribution in [0.5, 0.6) is 5.75 Å². The van der Waals surface area contributed by atoms with Crippen molar-refractivity contribution in [1.82, 2.24) is 0 Å². The first-order valence-corrected chi connectivity index (χ1v) is 8.93. The summed E-state index contributed by atoms with van der Waals surface area (Å²) < 4.78 is 11.1. The molecular formula is C22H22O3. The summed E-state index contributed by atoms with van der Waals surface area (Å²) in [6.07, 6.45) is 6.47. The van der Waals surface area contributed by atoms with Gasteiger partial charge in [-0.3, -0.25) is 4.79 Å². The molecule has 1 saturated carbocycles. The van der Waals surface area contributed by atoms with E-state index in [2.05, 4.69) is 24.3 Å². The van der Waals surface area contributed by atoms with Crippen molar-refractivity contribution in [2.75, 3.05) is 13.2 Å². The monoisotopic (exact) mass is 334 g/mol. The van der Waals surface area contributed by atoms with E-state index >= 15 is 0 Å². The molecule has 3 unspecified atom stereocenters. The van der Waals surface area contributed by atoms with Gasteiger partial charge in [-0.1, -0.05) is 54.6 Å². The third-order valence-corrected chi connectivity index (χ3v) is 5.14. The van der Waals surface area contributed by atoms with E-state index in [0.717, 1.165) is 24.2 Å². The van der Waals surface area contributed by atoms with Gasteiger partial charge in [0.1, 0.15) is 19.0 Å². The molecule has 0 heterocycles. The minimum absolute atomic E-state index is 0.0557. The van der Waals surface area contributed by atoms with Crippen LogP contribution in [0.4, 0.5) is 0 Å². The zero-order valence-electron chi connectivity index (χ0n) is 14.1. The molecule has 4 rings (SSSR count). The maximum Gasteiger partial charge on any atom is 0.309 e. The summed E-state index contributed by atoms with van der Waals surface area (Å²) >= 11 is 0. The average molecular weight is 334 g/mol. The predicted molar refractivity (Wildman–Crippen MR) is 97.2 cm³/mol. The summed E-state index contributed by atoms with van der Waals surface area (Å²) in [4.78, 5) is 12.1. The van der Waals surface area contributed by atoms with E-state index in [1.54, 1.807) is 0 Å². The number of hydrogen-bond acceptors (Lipinski definition) is 3. The molecule has 0 N–H and O–H groups in total. The van der Waals surface area contributed by atoms with Gasteiger partial charge in [0.2, 0.25) is 0 Å². The maximum atomic E-state index is 12.1. The Morgan fingerprint density at radius 2 is 1.64 bits per heavy atom. The predicted octanol–water partition coefficient (Wildman–Crippen LogP) is 4.49. The highest BCUT2D eigenvalue weighted by Crippen LogP contribution is 2.43. The van der Waals surface area contributed by atoms with Gasteiger partial charge in [0.25, 0.3) is 0 Å². The van der Waals surface area contributed by atoms with Crippen molar-refractivity contribution in [3.05, 3.63) is 66.7 Å². The molecule has 2 aromatic rings. The van der Waals surface area contributed by atoms with Crippen LogP contribution in [-0.4, -0.2) is 19.2 Å². The van der Waals surface area contributed by atoms with Gasteiger partial charge in [-0.2, -0.15) is 0 Å². The van der Waals surface area contributed by atoms with Crippen LogP contribution < -0.4 is 4.74 Å². The number of carbonyl (C=O) groups is 1. The van der Waals surface area contributed by atoms with E-state index in [1.807, 2.05) is 42.5 Å². The highest BCUT2D eigenvalue weighted by Gasteiger charge is 2.40. The molecule has 0 aromatic heterocycles. The third kappa shape index (κ3) is 3.60. The molecular weight excluding hydrogens is 312 g/mol. The molecule has 3 nitrogen and oxygen atoms in total. The Hall–Kier alpha value is -2.55. The smallest absolute Gasteiger partial charge is 0.309 e. The average Bonchev–Trinajstić information content (AvgIpc) is 3.30. The Kier molecular flexibility index (Phi) is 4.55. The zero-order valence-corrected chi connectivity index (χ0v) is 14.1. The van der Waals surface area contributed by atoms with Crippen LogP contribution in [0.3, 0.4) is 0 Å². The molecule has 0 spiro atoms. The van der Waals surface area contributed by atoms with Gasteiger partial charge in [-0.05, 0) is 47.9 Å². The summed E-state index contributed by atoms with van der Waals surface area (Å²) in [6.45, 7) is 0.684. The fourth-order valence-electron chi connectivity index (χ4n) is 3.83. The number of esters is 1. The molecule has 25 heavy (non-hydrogen) atoms. The SMILES string of the molecule is O=C(OCCOc1ccc(-c2ccccc2)cc1)C1CC2C=CC1C2. The van der Waals surface area contributed by atoms with Crippen LogP contribution in [0.1, 0.15) is 12.8 Å². The molecule has 1 fully saturated rings. The normalized spacial score (nSPS) is 23.6. The molecule has 2 bridgehead atoms. The first kappa shape index (κ1) is 15.9. The standard InChI is InChI=1S/C22H22O3/c23-22(21-15-16-6-7-19(21)14-16)25-13-12-24-20-10-8-18(9-11-20)17-4-2-1-3-5-17/h1-11,16,19,21H,12-15H2. The van der Waals surface area contributed by atoms with Crippen LogP contribution >= 0.6 is 0 Å². The highest BCUT2D eigenvalue weighted by molar-refractivity contribution is 5.74. The topological polar surface area (TPSA) is 35.5 Å². The molecule has 0 aliphatic heterocycles. The summed E-state index contributed by atoms with van der Waals surface area (Å²) in [5, 5.41) is 0. The fourth-order valence-corrected chi connectivity index (χ4v) is 3.83. The van der Waals surface area contributed by atoms with E-state index in [9.17, 15) is 4.79 Å². The van der Waals surface area contributed by atoms with Crippen LogP contribution in [0.25, 0.3) is 11.1 Å². The molecule has 2 aliphatic carbocycles. The molecule has 0 saturated heterocycles. The van der Waals surface area contributed by atoms with E-state index < -0.39 is 0 Å². The van der Waals surface area contributed by atoms with Gasteiger partial charge in [0.15, 0.2) is 0 Å². The zero-order chi connectivity index (χ0) is 17.1. The lowest BCUT2D eigenvalue weighted by atomic mass is 9.94. The van der Waals surface area contributed by atoms with Crippen molar-refractivity contribution in [1.29, 1.82) is 0 Å². The van der Waals surface area contributed by atoms with Crippen LogP contribution in [0.15, 0.2) is 66.7 Å². The second-order valence-electron chi connectivity index (χ2n) is 6.79. The van der Waals surface area contributed by atoms with Gasteiger partial charge in [0.05, 0.1) is 5.92 Å². The lowest BCUT2D eigenvalue weighted by Crippen LogP contribution is -2.23. The Morgan fingerprint density at radius 1 is 0.880 bits per heavy atom. The lowest BCUT2D eigenvalue weighted by molar-refractivity contribution is -0.150. The third-order valence-electron chi connectivity index (χ3n) is 5.14. The number of ether oxygens (including phenoxy) is 2. The first-order chi connectivity index (χ1) is 12.3. The van der Waals surface area contributed by atoms with E-state index in [1.165, 1.54) is 5.56 Å². The second kappa shape index (κ2) is 7.14. The van der Waals surface area contributed by atoms with Gasteiger partial charge in [-0.15, -0.1) is 0 Å². The van der Waals surface area contributed by atoms with Crippen molar-refractivity contribution < 1.29 is 14.3 Å². The number of hydrogen-bond donors (Lipinski definition) is 0. The maximum absolute atomic E-state index is 12.1. The summed E-state index contributed by atoms with van der Waals surface area (Å²) in [7, 11) is 0. The van der Waals surface area contributed by atoms with Gasteiger partial charge >= 0.3 is 5.97 Å². The Bertz CT molecular complexity index is 749. The number of rotatable bonds is 6. The van der Waals surface area contributed by atoms with Crippen molar-refractivity contribution in [3.8, 4) is 16.9 Å². The molecule has 3 atom stereocenters. The number of allylic oxidation sites excluding steroid dienone is 2. The fraction of sp³-hybridized carbons (Fsp3) is 0.318. The van der Waals surface area contributed by atoms with E-state index in [-0.39, 0.29) is 11.9 Å². The molecule has 128 valence electrons. The van der Waals surface area contributed by atoms with Gasteiger partial charge in [-0.25, -0.2) is 0 Å². The largest absolute Gasteiger partial charge is 0.490 e. The molecule has 2 aromatic carbocycles. The molecule has 3 heteroatoms. The highest BCUT2D eigenvalue weighted by atomic mass is 16.6. The first-order valence-electron chi connectivity index (χ1n) is 8.93. The van der Waals surface area contributed by atoms with Crippen molar-refractivity contribution in [2.24, 2.45) is 17.8 Å².